The van der Waals surface area contributed by atoms with Gasteiger partial charge in [0.1, 0.15) is 0 Å². The summed E-state index contributed by atoms with van der Waals surface area (Å²) >= 11 is 0. The molecule has 3 aromatic rings. The molecule has 0 radical (unpaired) electrons. The molecule has 4 rings (SSSR count). The first kappa shape index (κ1) is 20.5. The van der Waals surface area contributed by atoms with E-state index < -0.39 is 0 Å². The highest BCUT2D eigenvalue weighted by molar-refractivity contribution is 5.80. The van der Waals surface area contributed by atoms with E-state index in [2.05, 4.69) is 78.0 Å². The number of imidazole rings is 1. The lowest BCUT2D eigenvalue weighted by Gasteiger charge is -2.33. The molecule has 1 atom stereocenters. The fourth-order valence-corrected chi connectivity index (χ4v) is 4.22. The standard InChI is InChI=1S/C25H32N4O/c1-4-19(3)26-24(30)20-13-15-28(16-14-20)25-27-22-11-7-8-12-23(22)29(25)17-21-10-6-5-9-18(21)2/h5-12,19-20H,4,13-17H2,1-3H3,(H,26,30)/t19-/m1/s1. The van der Waals surface area contributed by atoms with Crippen molar-refractivity contribution in [1.29, 1.82) is 0 Å². The van der Waals surface area contributed by atoms with Crippen molar-refractivity contribution >= 4 is 22.9 Å². The van der Waals surface area contributed by atoms with Gasteiger partial charge in [-0.1, -0.05) is 43.3 Å². The summed E-state index contributed by atoms with van der Waals surface area (Å²) in [4.78, 5) is 19.9. The van der Waals surface area contributed by atoms with Crippen molar-refractivity contribution in [2.24, 2.45) is 5.92 Å². The average molecular weight is 405 g/mol. The lowest BCUT2D eigenvalue weighted by Crippen LogP contribution is -2.43. The number of anilines is 1. The van der Waals surface area contributed by atoms with Crippen LogP contribution in [0.1, 0.15) is 44.2 Å². The molecule has 1 aromatic heterocycles. The smallest absolute Gasteiger partial charge is 0.223 e. The SMILES string of the molecule is CC[C@@H](C)NC(=O)C1CCN(c2nc3ccccc3n2Cc2ccccc2C)CC1. The van der Waals surface area contributed by atoms with Gasteiger partial charge in [0, 0.05) is 25.0 Å². The number of amides is 1. The highest BCUT2D eigenvalue weighted by Gasteiger charge is 2.28. The minimum absolute atomic E-state index is 0.101. The molecular formula is C25H32N4O. The van der Waals surface area contributed by atoms with E-state index in [0.29, 0.717) is 0 Å². The number of hydrogen-bond donors (Lipinski definition) is 1. The number of hydrogen-bond acceptors (Lipinski definition) is 3. The third-order valence-corrected chi connectivity index (χ3v) is 6.37. The second-order valence-corrected chi connectivity index (χ2v) is 8.49. The van der Waals surface area contributed by atoms with E-state index in [4.69, 9.17) is 4.98 Å². The zero-order valence-electron chi connectivity index (χ0n) is 18.3. The second kappa shape index (κ2) is 8.90. The van der Waals surface area contributed by atoms with Crippen molar-refractivity contribution in [2.45, 2.75) is 52.6 Å². The molecule has 1 saturated heterocycles. The summed E-state index contributed by atoms with van der Waals surface area (Å²) < 4.78 is 2.33. The van der Waals surface area contributed by atoms with Crippen LogP contribution in [0.4, 0.5) is 5.95 Å². The summed E-state index contributed by atoms with van der Waals surface area (Å²) in [7, 11) is 0. The summed E-state index contributed by atoms with van der Waals surface area (Å²) in [5, 5.41) is 3.15. The third kappa shape index (κ3) is 4.20. The Labute approximate surface area is 179 Å². The van der Waals surface area contributed by atoms with Gasteiger partial charge in [0.15, 0.2) is 0 Å². The quantitative estimate of drug-likeness (QED) is 0.657. The molecule has 0 unspecified atom stereocenters. The molecule has 0 aliphatic carbocycles. The number of para-hydroxylation sites is 2. The van der Waals surface area contributed by atoms with Crippen LogP contribution in [0.2, 0.25) is 0 Å². The highest BCUT2D eigenvalue weighted by Crippen LogP contribution is 2.28. The first-order valence-corrected chi connectivity index (χ1v) is 11.1. The number of piperidine rings is 1. The Morgan fingerprint density at radius 3 is 2.57 bits per heavy atom. The van der Waals surface area contributed by atoms with Crippen LogP contribution in [0.5, 0.6) is 0 Å². The van der Waals surface area contributed by atoms with Gasteiger partial charge in [-0.05, 0) is 56.4 Å². The Morgan fingerprint density at radius 2 is 1.83 bits per heavy atom. The van der Waals surface area contributed by atoms with Crippen LogP contribution < -0.4 is 10.2 Å². The van der Waals surface area contributed by atoms with Crippen molar-refractivity contribution < 1.29 is 4.79 Å². The lowest BCUT2D eigenvalue weighted by molar-refractivity contribution is -0.126. The summed E-state index contributed by atoms with van der Waals surface area (Å²) in [5.41, 5.74) is 4.79. The van der Waals surface area contributed by atoms with Gasteiger partial charge in [-0.3, -0.25) is 4.79 Å². The Balaban J connectivity index is 1.56. The summed E-state index contributed by atoms with van der Waals surface area (Å²) in [6.07, 6.45) is 2.71. The average Bonchev–Trinajstić information content (AvgIpc) is 3.13. The summed E-state index contributed by atoms with van der Waals surface area (Å²) in [5.74, 6) is 1.32. The molecule has 2 heterocycles. The van der Waals surface area contributed by atoms with Crippen molar-refractivity contribution in [3.05, 3.63) is 59.7 Å². The molecule has 5 nitrogen and oxygen atoms in total. The van der Waals surface area contributed by atoms with Crippen molar-refractivity contribution in [3.8, 4) is 0 Å². The van der Waals surface area contributed by atoms with Crippen LogP contribution in [-0.4, -0.2) is 34.6 Å². The fraction of sp³-hybridized carbons (Fsp3) is 0.440. The molecule has 2 aromatic carbocycles. The fourth-order valence-electron chi connectivity index (χ4n) is 4.22. The van der Waals surface area contributed by atoms with Gasteiger partial charge in [-0.25, -0.2) is 4.98 Å². The third-order valence-electron chi connectivity index (χ3n) is 6.37. The molecule has 1 fully saturated rings. The molecular weight excluding hydrogens is 372 g/mol. The Bertz CT molecular complexity index is 1020. The zero-order chi connectivity index (χ0) is 21.1. The van der Waals surface area contributed by atoms with E-state index in [1.807, 2.05) is 6.07 Å². The predicted molar refractivity (Wildman–Crippen MR) is 123 cm³/mol. The molecule has 1 N–H and O–H groups in total. The van der Waals surface area contributed by atoms with Crippen LogP contribution in [0.25, 0.3) is 11.0 Å². The Morgan fingerprint density at radius 1 is 1.13 bits per heavy atom. The van der Waals surface area contributed by atoms with E-state index in [0.717, 1.165) is 55.9 Å². The van der Waals surface area contributed by atoms with Gasteiger partial charge in [0.05, 0.1) is 17.6 Å². The Kier molecular flexibility index (Phi) is 6.07. The summed E-state index contributed by atoms with van der Waals surface area (Å²) in [6, 6.07) is 17.1. The molecule has 1 aliphatic heterocycles. The maximum atomic E-state index is 12.5. The van der Waals surface area contributed by atoms with E-state index in [1.54, 1.807) is 0 Å². The number of benzene rings is 2. The molecule has 0 saturated carbocycles. The number of carbonyl (C=O) groups excluding carboxylic acids is 1. The second-order valence-electron chi connectivity index (χ2n) is 8.49. The molecule has 5 heteroatoms. The number of nitrogens with zero attached hydrogens (tertiary/aromatic N) is 3. The first-order chi connectivity index (χ1) is 14.6. The first-order valence-electron chi connectivity index (χ1n) is 11.1. The molecule has 1 amide bonds. The molecule has 158 valence electrons. The van der Waals surface area contributed by atoms with Crippen molar-refractivity contribution in [3.63, 3.8) is 0 Å². The Hall–Kier alpha value is -2.82. The zero-order valence-corrected chi connectivity index (χ0v) is 18.3. The van der Waals surface area contributed by atoms with E-state index in [1.165, 1.54) is 11.1 Å². The minimum Gasteiger partial charge on any atom is -0.353 e. The molecule has 0 bridgehead atoms. The molecule has 1 aliphatic rings. The number of aromatic nitrogens is 2. The molecule has 0 spiro atoms. The lowest BCUT2D eigenvalue weighted by atomic mass is 9.95. The van der Waals surface area contributed by atoms with Crippen molar-refractivity contribution in [2.75, 3.05) is 18.0 Å². The van der Waals surface area contributed by atoms with E-state index in [-0.39, 0.29) is 17.9 Å². The van der Waals surface area contributed by atoms with Gasteiger partial charge in [0.25, 0.3) is 0 Å². The van der Waals surface area contributed by atoms with E-state index in [9.17, 15) is 4.79 Å². The number of fused-ring (bicyclic) bond motifs is 1. The highest BCUT2D eigenvalue weighted by atomic mass is 16.1. The molecule has 30 heavy (non-hydrogen) atoms. The maximum absolute atomic E-state index is 12.5. The number of aryl methyl sites for hydroxylation is 1. The van der Waals surface area contributed by atoms with Crippen LogP contribution >= 0.6 is 0 Å². The predicted octanol–water partition coefficient (Wildman–Crippen LogP) is 4.52. The largest absolute Gasteiger partial charge is 0.353 e. The van der Waals surface area contributed by atoms with Crippen LogP contribution in [0.3, 0.4) is 0 Å². The maximum Gasteiger partial charge on any atom is 0.223 e. The van der Waals surface area contributed by atoms with Gasteiger partial charge < -0.3 is 14.8 Å². The van der Waals surface area contributed by atoms with Gasteiger partial charge in [-0.2, -0.15) is 0 Å². The number of rotatable bonds is 6. The van der Waals surface area contributed by atoms with Crippen LogP contribution in [-0.2, 0) is 11.3 Å². The summed E-state index contributed by atoms with van der Waals surface area (Å²) in [6.45, 7) is 8.85. The van der Waals surface area contributed by atoms with Crippen molar-refractivity contribution in [1.82, 2.24) is 14.9 Å². The minimum atomic E-state index is 0.101. The van der Waals surface area contributed by atoms with E-state index >= 15 is 0 Å². The van der Waals surface area contributed by atoms with Gasteiger partial charge in [-0.15, -0.1) is 0 Å². The van der Waals surface area contributed by atoms with Crippen LogP contribution in [0.15, 0.2) is 48.5 Å². The number of carbonyl (C=O) groups is 1. The topological polar surface area (TPSA) is 50.2 Å². The number of nitrogens with one attached hydrogen (secondary N) is 1. The van der Waals surface area contributed by atoms with Crippen LogP contribution in [0, 0.1) is 12.8 Å². The van der Waals surface area contributed by atoms with Gasteiger partial charge >= 0.3 is 0 Å². The normalized spacial score (nSPS) is 16.0. The van der Waals surface area contributed by atoms with Gasteiger partial charge in [0.2, 0.25) is 11.9 Å². The monoisotopic (exact) mass is 404 g/mol.